The molecule has 0 bridgehead atoms. The number of halogens is 2. The van der Waals surface area contributed by atoms with Crippen LogP contribution in [0.2, 0.25) is 10.2 Å². The van der Waals surface area contributed by atoms with E-state index >= 15 is 0 Å². The van der Waals surface area contributed by atoms with Crippen molar-refractivity contribution >= 4 is 46.5 Å². The van der Waals surface area contributed by atoms with Crippen LogP contribution in [0, 0.1) is 6.92 Å². The summed E-state index contributed by atoms with van der Waals surface area (Å²) in [4.78, 5) is 36.4. The molecule has 166 valence electrons. The maximum Gasteiger partial charge on any atom is 0.343 e. The molecular weight excluding hydrogens is 453 g/mol. The van der Waals surface area contributed by atoms with Crippen molar-refractivity contribution in [2.24, 2.45) is 0 Å². The number of carbonyl (C=O) groups excluding carboxylic acids is 3. The molecule has 0 aliphatic rings. The molecule has 0 unspecified atom stereocenters. The van der Waals surface area contributed by atoms with Gasteiger partial charge in [0.25, 0.3) is 0 Å². The van der Waals surface area contributed by atoms with Crippen LogP contribution in [0.5, 0.6) is 0 Å². The Labute approximate surface area is 195 Å². The van der Waals surface area contributed by atoms with Gasteiger partial charge in [0.05, 0.1) is 12.2 Å². The number of benzene rings is 2. The highest BCUT2D eigenvalue weighted by molar-refractivity contribution is 6.33. The largest absolute Gasteiger partial charge is 0.454 e. The third-order valence-corrected chi connectivity index (χ3v) is 5.45. The number of Topliss-reactive ketones (excluding diaryl/α,β-unsaturated/α-hetero) is 1. The average molecular weight is 474 g/mol. The SMILES string of the molecule is CCC(=O)Nc1ccc(C(=O)COC(=O)c2c(C)nn(Cc3ccccc3Cl)c2Cl)cc1. The predicted molar refractivity (Wildman–Crippen MR) is 123 cm³/mol. The molecule has 0 saturated carbocycles. The van der Waals surface area contributed by atoms with Gasteiger partial charge >= 0.3 is 5.97 Å². The maximum atomic E-state index is 12.6. The van der Waals surface area contributed by atoms with Gasteiger partial charge in [-0.3, -0.25) is 9.59 Å². The van der Waals surface area contributed by atoms with Crippen LogP contribution >= 0.6 is 23.2 Å². The van der Waals surface area contributed by atoms with Crippen LogP contribution < -0.4 is 5.32 Å². The van der Waals surface area contributed by atoms with E-state index in [1.165, 1.54) is 4.68 Å². The lowest BCUT2D eigenvalue weighted by atomic mass is 10.1. The molecule has 0 atom stereocenters. The number of rotatable bonds is 8. The molecule has 7 nitrogen and oxygen atoms in total. The Balaban J connectivity index is 1.65. The number of esters is 1. The van der Waals surface area contributed by atoms with Gasteiger partial charge in [0.1, 0.15) is 10.7 Å². The van der Waals surface area contributed by atoms with E-state index in [9.17, 15) is 14.4 Å². The zero-order valence-corrected chi connectivity index (χ0v) is 19.0. The zero-order chi connectivity index (χ0) is 23.3. The Morgan fingerprint density at radius 3 is 2.41 bits per heavy atom. The van der Waals surface area contributed by atoms with Gasteiger partial charge in [-0.1, -0.05) is 48.3 Å². The van der Waals surface area contributed by atoms with E-state index < -0.39 is 12.6 Å². The van der Waals surface area contributed by atoms with Gasteiger partial charge in [-0.2, -0.15) is 5.10 Å². The number of nitrogens with zero attached hydrogens (tertiary/aromatic N) is 2. The Morgan fingerprint density at radius 2 is 1.75 bits per heavy atom. The Hall–Kier alpha value is -3.16. The fraction of sp³-hybridized carbons (Fsp3) is 0.217. The zero-order valence-electron chi connectivity index (χ0n) is 17.5. The molecule has 0 aliphatic carbocycles. The van der Waals surface area contributed by atoms with Gasteiger partial charge in [0.2, 0.25) is 5.91 Å². The lowest BCUT2D eigenvalue weighted by Crippen LogP contribution is -2.15. The summed E-state index contributed by atoms with van der Waals surface area (Å²) >= 11 is 12.6. The highest BCUT2D eigenvalue weighted by atomic mass is 35.5. The van der Waals surface area contributed by atoms with Crippen molar-refractivity contribution < 1.29 is 19.1 Å². The van der Waals surface area contributed by atoms with Gasteiger partial charge < -0.3 is 10.1 Å². The number of amides is 1. The molecular formula is C23H21Cl2N3O4. The van der Waals surface area contributed by atoms with Crippen molar-refractivity contribution in [1.29, 1.82) is 0 Å². The van der Waals surface area contributed by atoms with Crippen molar-refractivity contribution in [1.82, 2.24) is 9.78 Å². The van der Waals surface area contributed by atoms with Crippen molar-refractivity contribution in [3.8, 4) is 0 Å². The lowest BCUT2D eigenvalue weighted by molar-refractivity contribution is -0.115. The molecule has 0 saturated heterocycles. The lowest BCUT2D eigenvalue weighted by Gasteiger charge is -2.07. The van der Waals surface area contributed by atoms with Crippen LogP contribution in [0.1, 0.15) is 45.3 Å². The number of anilines is 1. The fourth-order valence-corrected chi connectivity index (χ4v) is 3.46. The summed E-state index contributed by atoms with van der Waals surface area (Å²) in [6, 6.07) is 13.6. The summed E-state index contributed by atoms with van der Waals surface area (Å²) in [5.74, 6) is -1.25. The van der Waals surface area contributed by atoms with Crippen LogP contribution in [0.15, 0.2) is 48.5 Å². The third kappa shape index (κ3) is 5.55. The number of hydrogen-bond acceptors (Lipinski definition) is 5. The van der Waals surface area contributed by atoms with Crippen LogP contribution in [0.25, 0.3) is 0 Å². The van der Waals surface area contributed by atoms with E-state index in [-0.39, 0.29) is 29.0 Å². The van der Waals surface area contributed by atoms with E-state index in [0.717, 1.165) is 5.56 Å². The number of hydrogen-bond donors (Lipinski definition) is 1. The Bertz CT molecular complexity index is 1160. The monoisotopic (exact) mass is 473 g/mol. The van der Waals surface area contributed by atoms with Gasteiger partial charge in [-0.05, 0) is 42.8 Å². The maximum absolute atomic E-state index is 12.6. The first-order chi connectivity index (χ1) is 15.3. The van der Waals surface area contributed by atoms with E-state index in [4.69, 9.17) is 27.9 Å². The molecule has 1 amide bonds. The summed E-state index contributed by atoms with van der Waals surface area (Å²) in [5.41, 5.74) is 2.22. The minimum Gasteiger partial charge on any atom is -0.454 e. The number of ketones is 1. The first kappa shape index (κ1) is 23.5. The molecule has 0 radical (unpaired) electrons. The fourth-order valence-electron chi connectivity index (χ4n) is 2.95. The summed E-state index contributed by atoms with van der Waals surface area (Å²) in [6.45, 7) is 3.21. The molecule has 1 N–H and O–H groups in total. The second-order valence-corrected chi connectivity index (χ2v) is 7.74. The Kier molecular flexibility index (Phi) is 7.66. The molecule has 0 aliphatic heterocycles. The predicted octanol–water partition coefficient (Wildman–Crippen LogP) is 4.93. The average Bonchev–Trinajstić information content (AvgIpc) is 3.06. The molecule has 0 spiro atoms. The number of ether oxygens (including phenoxy) is 1. The second kappa shape index (κ2) is 10.4. The summed E-state index contributed by atoms with van der Waals surface area (Å²) in [6.07, 6.45) is 0.355. The minimum absolute atomic E-state index is 0.101. The quantitative estimate of drug-likeness (QED) is 0.369. The number of carbonyl (C=O) groups is 3. The molecule has 1 aromatic heterocycles. The molecule has 3 rings (SSSR count). The summed E-state index contributed by atoms with van der Waals surface area (Å²) in [5, 5.41) is 7.67. The van der Waals surface area contributed by atoms with Crippen molar-refractivity contribution in [2.45, 2.75) is 26.8 Å². The summed E-state index contributed by atoms with van der Waals surface area (Å²) < 4.78 is 6.64. The van der Waals surface area contributed by atoms with E-state index in [0.29, 0.717) is 28.4 Å². The molecule has 32 heavy (non-hydrogen) atoms. The smallest absolute Gasteiger partial charge is 0.343 e. The molecule has 0 fully saturated rings. The van der Waals surface area contributed by atoms with Gasteiger partial charge in [-0.25, -0.2) is 9.48 Å². The van der Waals surface area contributed by atoms with E-state index in [1.54, 1.807) is 44.2 Å². The topological polar surface area (TPSA) is 90.3 Å². The highest BCUT2D eigenvalue weighted by Gasteiger charge is 2.23. The molecule has 1 heterocycles. The van der Waals surface area contributed by atoms with Crippen molar-refractivity contribution in [3.63, 3.8) is 0 Å². The minimum atomic E-state index is -0.738. The molecule has 3 aromatic rings. The van der Waals surface area contributed by atoms with Crippen LogP contribution in [-0.4, -0.2) is 34.0 Å². The normalized spacial score (nSPS) is 10.6. The Morgan fingerprint density at radius 1 is 1.06 bits per heavy atom. The number of nitrogens with one attached hydrogen (secondary N) is 1. The van der Waals surface area contributed by atoms with Crippen LogP contribution in [-0.2, 0) is 16.1 Å². The van der Waals surface area contributed by atoms with Gasteiger partial charge in [0.15, 0.2) is 12.4 Å². The summed E-state index contributed by atoms with van der Waals surface area (Å²) in [7, 11) is 0. The third-order valence-electron chi connectivity index (χ3n) is 4.69. The van der Waals surface area contributed by atoms with Crippen LogP contribution in [0.4, 0.5) is 5.69 Å². The second-order valence-electron chi connectivity index (χ2n) is 6.98. The highest BCUT2D eigenvalue weighted by Crippen LogP contribution is 2.24. The number of aryl methyl sites for hydroxylation is 1. The number of aromatic nitrogens is 2. The first-order valence-corrected chi connectivity index (χ1v) is 10.6. The van der Waals surface area contributed by atoms with Gasteiger partial charge in [-0.15, -0.1) is 0 Å². The molecule has 9 heteroatoms. The first-order valence-electron chi connectivity index (χ1n) is 9.86. The van der Waals surface area contributed by atoms with Gasteiger partial charge in [0, 0.05) is 22.7 Å². The van der Waals surface area contributed by atoms with E-state index in [2.05, 4.69) is 10.4 Å². The van der Waals surface area contributed by atoms with Crippen molar-refractivity contribution in [2.75, 3.05) is 11.9 Å². The standard InChI is InChI=1S/C23H21Cl2N3O4/c1-3-20(30)26-17-10-8-15(9-11-17)19(29)13-32-23(31)21-14(2)27-28(22(21)25)12-16-6-4-5-7-18(16)24/h4-11H,3,12-13H2,1-2H3,(H,26,30). The molecule has 2 aromatic carbocycles. The van der Waals surface area contributed by atoms with E-state index in [1.807, 2.05) is 18.2 Å². The van der Waals surface area contributed by atoms with Crippen molar-refractivity contribution in [3.05, 3.63) is 81.1 Å². The van der Waals surface area contributed by atoms with Crippen LogP contribution in [0.3, 0.4) is 0 Å².